The summed E-state index contributed by atoms with van der Waals surface area (Å²) in [6.07, 6.45) is 2.82. The maximum absolute atomic E-state index is 13.2. The molecule has 5 atom stereocenters. The van der Waals surface area contributed by atoms with E-state index in [1.807, 2.05) is 50.8 Å². The van der Waals surface area contributed by atoms with Crippen LogP contribution in [0.4, 0.5) is 5.69 Å². The number of hydrogen-bond donors (Lipinski definition) is 3. The smallest absolute Gasteiger partial charge is 0.335 e. The van der Waals surface area contributed by atoms with Crippen molar-refractivity contribution in [2.24, 2.45) is 5.92 Å². The number of amides is 2. The van der Waals surface area contributed by atoms with E-state index < -0.39 is 35.3 Å². The van der Waals surface area contributed by atoms with E-state index in [-0.39, 0.29) is 30.9 Å². The number of carbonyl (C=O) groups is 3. The van der Waals surface area contributed by atoms with Gasteiger partial charge in [0.05, 0.1) is 30.6 Å². The number of aryl methyl sites for hydroxylation is 1. The van der Waals surface area contributed by atoms with Crippen molar-refractivity contribution in [3.63, 3.8) is 0 Å². The molecule has 3 unspecified atom stereocenters. The van der Waals surface area contributed by atoms with Crippen LogP contribution in [0.1, 0.15) is 75.2 Å². The molecular weight excluding hydrogens is 524 g/mol. The summed E-state index contributed by atoms with van der Waals surface area (Å²) in [5.74, 6) is -0.798. The van der Waals surface area contributed by atoms with Crippen molar-refractivity contribution in [3.05, 3.63) is 29.3 Å². The van der Waals surface area contributed by atoms with E-state index in [0.717, 1.165) is 37.2 Å². The van der Waals surface area contributed by atoms with Gasteiger partial charge in [0, 0.05) is 36.9 Å². The van der Waals surface area contributed by atoms with E-state index >= 15 is 0 Å². The second kappa shape index (κ2) is 11.6. The van der Waals surface area contributed by atoms with E-state index in [9.17, 15) is 19.6 Å². The third kappa shape index (κ3) is 6.05. The number of hydrogen-bond acceptors (Lipinski definition) is 9. The number of nitrogens with one attached hydrogen (secondary N) is 3. The predicted molar refractivity (Wildman–Crippen MR) is 151 cm³/mol. The molecule has 1 aromatic carbocycles. The molecule has 0 spiro atoms. The third-order valence-corrected chi connectivity index (χ3v) is 8.61. The number of piperidine rings is 1. The Bertz CT molecular complexity index is 1210. The zero-order valence-corrected chi connectivity index (χ0v) is 24.5. The summed E-state index contributed by atoms with van der Waals surface area (Å²) in [7, 11) is 0. The molecule has 3 N–H and O–H groups in total. The second-order valence-corrected chi connectivity index (χ2v) is 12.8. The van der Waals surface area contributed by atoms with Crippen molar-refractivity contribution in [1.82, 2.24) is 20.7 Å². The topological polar surface area (TPSA) is 136 Å². The van der Waals surface area contributed by atoms with Gasteiger partial charge in [-0.25, -0.2) is 15.2 Å². The Morgan fingerprint density at radius 2 is 2.00 bits per heavy atom. The fourth-order valence-electron chi connectivity index (χ4n) is 6.60. The summed E-state index contributed by atoms with van der Waals surface area (Å²) in [6, 6.07) is 7.85. The van der Waals surface area contributed by atoms with Crippen LogP contribution >= 0.6 is 0 Å². The first-order valence-corrected chi connectivity index (χ1v) is 14.7. The van der Waals surface area contributed by atoms with Gasteiger partial charge in [-0.3, -0.25) is 9.59 Å². The van der Waals surface area contributed by atoms with Crippen LogP contribution in [0.5, 0.6) is 0 Å². The molecule has 2 amide bonds. The second-order valence-electron chi connectivity index (χ2n) is 12.8. The van der Waals surface area contributed by atoms with Crippen molar-refractivity contribution in [2.45, 2.75) is 95.7 Å². The van der Waals surface area contributed by atoms with Gasteiger partial charge in [0.15, 0.2) is 6.10 Å². The summed E-state index contributed by atoms with van der Waals surface area (Å²) in [5.41, 5.74) is 4.59. The minimum Gasteiger partial charge on any atom is -0.458 e. The average Bonchev–Trinajstić information content (AvgIpc) is 3.58. The van der Waals surface area contributed by atoms with Crippen molar-refractivity contribution < 1.29 is 23.9 Å². The highest BCUT2D eigenvalue weighted by Gasteiger charge is 2.56. The summed E-state index contributed by atoms with van der Waals surface area (Å²) in [4.78, 5) is 40.7. The number of fused-ring (bicyclic) bond motifs is 1. The molecule has 5 rings (SSSR count). The summed E-state index contributed by atoms with van der Waals surface area (Å²) in [5, 5.41) is 18.4. The fourth-order valence-corrected chi connectivity index (χ4v) is 6.60. The quantitative estimate of drug-likeness (QED) is 0.444. The molecule has 4 aliphatic rings. The fraction of sp³-hybridized carbons (Fsp3) is 0.667. The number of anilines is 1. The van der Waals surface area contributed by atoms with E-state index in [0.29, 0.717) is 31.4 Å². The van der Waals surface area contributed by atoms with Gasteiger partial charge in [-0.1, -0.05) is 0 Å². The van der Waals surface area contributed by atoms with E-state index in [1.165, 1.54) is 0 Å². The Morgan fingerprint density at radius 1 is 1.24 bits per heavy atom. The van der Waals surface area contributed by atoms with Crippen LogP contribution in [-0.2, 0) is 19.1 Å². The van der Waals surface area contributed by atoms with E-state index in [4.69, 9.17) is 9.47 Å². The zero-order valence-electron chi connectivity index (χ0n) is 24.5. The van der Waals surface area contributed by atoms with Gasteiger partial charge in [-0.2, -0.15) is 5.26 Å². The molecule has 222 valence electrons. The van der Waals surface area contributed by atoms with Crippen LogP contribution in [0.3, 0.4) is 0 Å². The molecule has 11 heteroatoms. The van der Waals surface area contributed by atoms with Crippen LogP contribution in [0.25, 0.3) is 0 Å². The molecule has 1 aromatic rings. The lowest BCUT2D eigenvalue weighted by molar-refractivity contribution is -0.180. The Kier molecular flexibility index (Phi) is 8.28. The molecule has 4 fully saturated rings. The van der Waals surface area contributed by atoms with Crippen molar-refractivity contribution in [3.8, 4) is 6.07 Å². The van der Waals surface area contributed by atoms with Crippen LogP contribution in [0.2, 0.25) is 0 Å². The molecule has 41 heavy (non-hydrogen) atoms. The largest absolute Gasteiger partial charge is 0.458 e. The monoisotopic (exact) mass is 566 g/mol. The molecule has 0 radical (unpaired) electrons. The number of nitrogens with zero attached hydrogens (tertiary/aromatic N) is 3. The number of hydrazine groups is 1. The van der Waals surface area contributed by atoms with Crippen LogP contribution in [0.15, 0.2) is 18.2 Å². The number of nitriles is 1. The number of esters is 1. The first-order chi connectivity index (χ1) is 19.5. The lowest BCUT2D eigenvalue weighted by Gasteiger charge is -2.47. The first kappa shape index (κ1) is 29.3. The normalized spacial score (nSPS) is 30.3. The van der Waals surface area contributed by atoms with Crippen LogP contribution in [-0.4, -0.2) is 83.4 Å². The summed E-state index contributed by atoms with van der Waals surface area (Å²) >= 11 is 0. The molecule has 4 saturated heterocycles. The van der Waals surface area contributed by atoms with Gasteiger partial charge in [0.2, 0.25) is 5.91 Å². The van der Waals surface area contributed by atoms with Gasteiger partial charge < -0.3 is 25.0 Å². The highest BCUT2D eigenvalue weighted by molar-refractivity contribution is 5.96. The molecular formula is C30H42N6O5. The molecule has 0 aromatic heterocycles. The standard InChI is InChI=1S/C30H42N6O5/c1-19-17-20(7-8-21(19)27(38)35-15-5-6-16-35)33-25-24-22(10-14-32-26(24)37)36(34-25)30(12-13-31)11-9-23(40-18-30)28(39)41-29(2,3)4/h7-8,17,22-25,33-34H,5-6,9-12,14-16,18H2,1-4H3,(H,32,37)/t22?,23-,24?,25?,30-/m0/s1. The number of carbonyl (C=O) groups excluding carboxylic acids is 3. The predicted octanol–water partition coefficient (Wildman–Crippen LogP) is 2.47. The minimum absolute atomic E-state index is 0.0539. The lowest BCUT2D eigenvalue weighted by atomic mass is 9.83. The number of rotatable bonds is 6. The zero-order chi connectivity index (χ0) is 29.4. The van der Waals surface area contributed by atoms with Crippen molar-refractivity contribution >= 4 is 23.5 Å². The van der Waals surface area contributed by atoms with Crippen molar-refractivity contribution in [2.75, 3.05) is 31.6 Å². The van der Waals surface area contributed by atoms with Gasteiger partial charge in [-0.05, 0) is 83.6 Å². The maximum Gasteiger partial charge on any atom is 0.335 e. The molecule has 4 aliphatic heterocycles. The van der Waals surface area contributed by atoms with Gasteiger partial charge in [0.25, 0.3) is 5.91 Å². The maximum atomic E-state index is 13.2. The SMILES string of the molecule is Cc1cc(NC2NN([C@]3(CC#N)CC[C@@H](C(=O)OC(C)(C)C)OC3)C3CCNC(=O)C23)ccc1C(=O)N1CCCC1. The lowest BCUT2D eigenvalue weighted by Crippen LogP contribution is -2.63. The minimum atomic E-state index is -0.702. The van der Waals surface area contributed by atoms with Gasteiger partial charge in [-0.15, -0.1) is 0 Å². The van der Waals surface area contributed by atoms with Gasteiger partial charge >= 0.3 is 5.97 Å². The molecule has 4 heterocycles. The summed E-state index contributed by atoms with van der Waals surface area (Å²) in [6.45, 7) is 9.71. The first-order valence-electron chi connectivity index (χ1n) is 14.7. The number of ether oxygens (including phenoxy) is 2. The Balaban J connectivity index is 1.33. The summed E-state index contributed by atoms with van der Waals surface area (Å²) < 4.78 is 11.6. The molecule has 0 aliphatic carbocycles. The van der Waals surface area contributed by atoms with Crippen LogP contribution < -0.4 is 16.1 Å². The Hall–Kier alpha value is -3.20. The Labute approximate surface area is 241 Å². The number of benzene rings is 1. The average molecular weight is 567 g/mol. The molecule has 0 saturated carbocycles. The van der Waals surface area contributed by atoms with Gasteiger partial charge in [0.1, 0.15) is 11.8 Å². The highest BCUT2D eigenvalue weighted by Crippen LogP contribution is 2.40. The number of likely N-dealkylation sites (tertiary alicyclic amines) is 1. The third-order valence-electron chi connectivity index (χ3n) is 8.61. The highest BCUT2D eigenvalue weighted by atomic mass is 16.6. The van der Waals surface area contributed by atoms with Crippen molar-refractivity contribution in [1.29, 1.82) is 5.26 Å². The molecule has 11 nitrogen and oxygen atoms in total. The Morgan fingerprint density at radius 3 is 2.63 bits per heavy atom. The molecule has 0 bridgehead atoms. The van der Waals surface area contributed by atoms with E-state index in [1.54, 1.807) is 0 Å². The van der Waals surface area contributed by atoms with Crippen LogP contribution in [0, 0.1) is 24.2 Å². The van der Waals surface area contributed by atoms with E-state index in [2.05, 4.69) is 27.1 Å².